The standard InChI is InChI=1S/C22H23N3OS2/c1-4-7-17(18-9-6-13-27-18)24-21(26)20-19(25-14(2)10-11-15(25)3)16-8-5-12-23-22(16)28-20/h5-6,8-13,17H,4,7H2,1-3H3,(H,24,26)/t17-/m1/s1. The van der Waals surface area contributed by atoms with Gasteiger partial charge in [-0.25, -0.2) is 4.98 Å². The lowest BCUT2D eigenvalue weighted by Crippen LogP contribution is -2.28. The fourth-order valence-corrected chi connectivity index (χ4v) is 5.45. The van der Waals surface area contributed by atoms with Crippen LogP contribution in [0.2, 0.25) is 0 Å². The molecule has 0 radical (unpaired) electrons. The minimum absolute atomic E-state index is 0.0302. The molecule has 0 saturated heterocycles. The molecule has 4 heterocycles. The molecule has 0 aliphatic rings. The molecule has 1 N–H and O–H groups in total. The van der Waals surface area contributed by atoms with Gasteiger partial charge in [0.1, 0.15) is 9.71 Å². The summed E-state index contributed by atoms with van der Waals surface area (Å²) < 4.78 is 2.16. The third-order valence-electron chi connectivity index (χ3n) is 4.91. The van der Waals surface area contributed by atoms with Gasteiger partial charge in [0.2, 0.25) is 0 Å². The molecule has 144 valence electrons. The van der Waals surface area contributed by atoms with E-state index in [-0.39, 0.29) is 11.9 Å². The summed E-state index contributed by atoms with van der Waals surface area (Å²) in [6, 6.07) is 12.3. The summed E-state index contributed by atoms with van der Waals surface area (Å²) in [7, 11) is 0. The Kier molecular flexibility index (Phi) is 5.33. The van der Waals surface area contributed by atoms with Gasteiger partial charge in [0.25, 0.3) is 5.91 Å². The smallest absolute Gasteiger partial charge is 0.264 e. The van der Waals surface area contributed by atoms with Crippen LogP contribution in [0.1, 0.15) is 51.7 Å². The molecule has 1 amide bonds. The molecule has 0 bridgehead atoms. The van der Waals surface area contributed by atoms with Gasteiger partial charge in [-0.15, -0.1) is 22.7 Å². The lowest BCUT2D eigenvalue weighted by atomic mass is 10.1. The summed E-state index contributed by atoms with van der Waals surface area (Å²) in [4.78, 5) is 20.7. The predicted molar refractivity (Wildman–Crippen MR) is 118 cm³/mol. The van der Waals surface area contributed by atoms with E-state index in [0.717, 1.165) is 40.1 Å². The van der Waals surface area contributed by atoms with Crippen molar-refractivity contribution in [2.45, 2.75) is 39.7 Å². The van der Waals surface area contributed by atoms with Crippen molar-refractivity contribution in [1.29, 1.82) is 0 Å². The molecule has 4 aromatic heterocycles. The molecular formula is C22H23N3OS2. The first-order valence-electron chi connectivity index (χ1n) is 9.47. The number of amides is 1. The van der Waals surface area contributed by atoms with Gasteiger partial charge in [0.05, 0.1) is 11.7 Å². The first kappa shape index (κ1) is 18.9. The number of nitrogens with one attached hydrogen (secondary N) is 1. The molecule has 4 nitrogen and oxygen atoms in total. The molecule has 0 unspecified atom stereocenters. The molecule has 0 spiro atoms. The fourth-order valence-electron chi connectivity index (χ4n) is 3.60. The first-order chi connectivity index (χ1) is 13.6. The van der Waals surface area contributed by atoms with Crippen molar-refractivity contribution >= 4 is 38.8 Å². The number of aromatic nitrogens is 2. The fraction of sp³-hybridized carbons (Fsp3) is 0.273. The second-order valence-corrected chi connectivity index (χ2v) is 8.90. The maximum Gasteiger partial charge on any atom is 0.264 e. The number of carbonyl (C=O) groups is 1. The van der Waals surface area contributed by atoms with E-state index >= 15 is 0 Å². The van der Waals surface area contributed by atoms with E-state index in [0.29, 0.717) is 4.88 Å². The Balaban J connectivity index is 1.80. The third-order valence-corrected chi connectivity index (χ3v) is 7.00. The van der Waals surface area contributed by atoms with Crippen LogP contribution >= 0.6 is 22.7 Å². The molecular weight excluding hydrogens is 386 g/mol. The van der Waals surface area contributed by atoms with Crippen LogP contribution in [0.4, 0.5) is 0 Å². The first-order valence-corrected chi connectivity index (χ1v) is 11.2. The van der Waals surface area contributed by atoms with Crippen LogP contribution < -0.4 is 5.32 Å². The quantitative estimate of drug-likeness (QED) is 0.422. The van der Waals surface area contributed by atoms with E-state index in [2.05, 4.69) is 59.2 Å². The summed E-state index contributed by atoms with van der Waals surface area (Å²) in [6.45, 7) is 6.29. The van der Waals surface area contributed by atoms with Crippen LogP contribution in [-0.2, 0) is 0 Å². The van der Waals surface area contributed by atoms with Crippen LogP contribution in [0.25, 0.3) is 15.9 Å². The molecule has 0 aliphatic carbocycles. The van der Waals surface area contributed by atoms with Crippen LogP contribution in [0.15, 0.2) is 48.0 Å². The zero-order valence-electron chi connectivity index (χ0n) is 16.2. The number of hydrogen-bond donors (Lipinski definition) is 1. The van der Waals surface area contributed by atoms with Crippen molar-refractivity contribution < 1.29 is 4.79 Å². The lowest BCUT2D eigenvalue weighted by molar-refractivity contribution is 0.0939. The summed E-state index contributed by atoms with van der Waals surface area (Å²) in [5, 5.41) is 6.36. The highest BCUT2D eigenvalue weighted by Gasteiger charge is 2.24. The normalized spacial score (nSPS) is 12.4. The van der Waals surface area contributed by atoms with Crippen molar-refractivity contribution in [3.63, 3.8) is 0 Å². The number of pyridine rings is 1. The molecule has 1 atom stereocenters. The number of carbonyl (C=O) groups excluding carboxylic acids is 1. The Labute approximate surface area is 172 Å². The molecule has 28 heavy (non-hydrogen) atoms. The van der Waals surface area contributed by atoms with Gasteiger partial charge < -0.3 is 9.88 Å². The molecule has 0 saturated carbocycles. The molecule has 4 aromatic rings. The minimum atomic E-state index is -0.0302. The van der Waals surface area contributed by atoms with Gasteiger partial charge in [-0.05, 0) is 56.0 Å². The lowest BCUT2D eigenvalue weighted by Gasteiger charge is -2.18. The van der Waals surface area contributed by atoms with Gasteiger partial charge >= 0.3 is 0 Å². The van der Waals surface area contributed by atoms with Crippen LogP contribution in [0, 0.1) is 13.8 Å². The average Bonchev–Trinajstić information content (AvgIpc) is 3.41. The number of thiophene rings is 2. The summed E-state index contributed by atoms with van der Waals surface area (Å²) >= 11 is 3.16. The predicted octanol–water partition coefficient (Wildman–Crippen LogP) is 6.04. The van der Waals surface area contributed by atoms with Gasteiger partial charge in [-0.2, -0.15) is 0 Å². The summed E-state index contributed by atoms with van der Waals surface area (Å²) in [5.41, 5.74) is 3.16. The van der Waals surface area contributed by atoms with Gasteiger partial charge in [0.15, 0.2) is 0 Å². The second-order valence-electron chi connectivity index (χ2n) is 6.92. The zero-order valence-corrected chi connectivity index (χ0v) is 17.9. The van der Waals surface area contributed by atoms with Crippen molar-refractivity contribution in [3.05, 3.63) is 69.1 Å². The Bertz CT molecular complexity index is 1090. The molecule has 4 rings (SSSR count). The maximum atomic E-state index is 13.4. The second kappa shape index (κ2) is 7.89. The Hall–Kier alpha value is -2.44. The highest BCUT2D eigenvalue weighted by molar-refractivity contribution is 7.21. The van der Waals surface area contributed by atoms with Crippen LogP contribution in [0.3, 0.4) is 0 Å². The summed E-state index contributed by atoms with van der Waals surface area (Å²) in [5.74, 6) is -0.0302. The highest BCUT2D eigenvalue weighted by Crippen LogP contribution is 2.35. The van der Waals surface area contributed by atoms with Gasteiger partial charge in [-0.3, -0.25) is 4.79 Å². The highest BCUT2D eigenvalue weighted by atomic mass is 32.1. The topological polar surface area (TPSA) is 46.9 Å². The van der Waals surface area contributed by atoms with Crippen molar-refractivity contribution in [3.8, 4) is 5.69 Å². The molecule has 0 aliphatic heterocycles. The van der Waals surface area contributed by atoms with Gasteiger partial charge in [0, 0.05) is 27.8 Å². The van der Waals surface area contributed by atoms with Crippen molar-refractivity contribution in [2.75, 3.05) is 0 Å². The monoisotopic (exact) mass is 409 g/mol. The van der Waals surface area contributed by atoms with E-state index < -0.39 is 0 Å². The van der Waals surface area contributed by atoms with Crippen LogP contribution in [-0.4, -0.2) is 15.5 Å². The van der Waals surface area contributed by atoms with E-state index in [1.165, 1.54) is 16.2 Å². The average molecular weight is 410 g/mol. The van der Waals surface area contributed by atoms with E-state index in [1.54, 1.807) is 17.5 Å². The molecule has 0 fully saturated rings. The largest absolute Gasteiger partial charge is 0.344 e. The Morgan fingerprint density at radius 3 is 2.64 bits per heavy atom. The van der Waals surface area contributed by atoms with Crippen molar-refractivity contribution in [2.24, 2.45) is 0 Å². The zero-order chi connectivity index (χ0) is 19.7. The number of nitrogens with zero attached hydrogens (tertiary/aromatic N) is 2. The third kappa shape index (κ3) is 3.38. The van der Waals surface area contributed by atoms with Gasteiger partial charge in [-0.1, -0.05) is 19.4 Å². The minimum Gasteiger partial charge on any atom is -0.344 e. The summed E-state index contributed by atoms with van der Waals surface area (Å²) in [6.07, 6.45) is 3.72. The molecule has 0 aromatic carbocycles. The number of hydrogen-bond acceptors (Lipinski definition) is 4. The number of rotatable bonds is 6. The maximum absolute atomic E-state index is 13.4. The van der Waals surface area contributed by atoms with E-state index in [1.807, 2.05) is 18.2 Å². The van der Waals surface area contributed by atoms with Crippen molar-refractivity contribution in [1.82, 2.24) is 14.9 Å². The number of aryl methyl sites for hydroxylation is 2. The Morgan fingerprint density at radius 1 is 1.18 bits per heavy atom. The number of fused-ring (bicyclic) bond motifs is 1. The van der Waals surface area contributed by atoms with E-state index in [4.69, 9.17) is 0 Å². The molecule has 6 heteroatoms. The van der Waals surface area contributed by atoms with Crippen LogP contribution in [0.5, 0.6) is 0 Å². The SMILES string of the molecule is CCC[C@@H](NC(=O)c1sc2ncccc2c1-n1c(C)ccc1C)c1cccs1. The van der Waals surface area contributed by atoms with E-state index in [9.17, 15) is 4.79 Å². The Morgan fingerprint density at radius 2 is 1.96 bits per heavy atom.